The summed E-state index contributed by atoms with van der Waals surface area (Å²) in [4.78, 5) is 24.5. The molecule has 272 valence electrons. The average Bonchev–Trinajstić information content (AvgIpc) is 3.77. The van der Waals surface area contributed by atoms with Gasteiger partial charge in [-0.1, -0.05) is 83.3 Å². The van der Waals surface area contributed by atoms with Crippen LogP contribution in [0.1, 0.15) is 5.69 Å². The predicted molar refractivity (Wildman–Crippen MR) is 241 cm³/mol. The molecule has 0 aliphatic carbocycles. The molecule has 0 unspecified atom stereocenters. The monoisotopic (exact) mass is 848 g/mol. The first-order chi connectivity index (χ1) is 28.2. The Bertz CT molecular complexity index is 3080. The minimum absolute atomic E-state index is 0.715. The number of allylic oxidation sites excluding steroid dienone is 1. The lowest BCUT2D eigenvalue weighted by Crippen LogP contribution is -2.03. The van der Waals surface area contributed by atoms with Crippen molar-refractivity contribution >= 4 is 67.2 Å². The van der Waals surface area contributed by atoms with Gasteiger partial charge in [-0.25, -0.2) is 9.97 Å². The topological polar surface area (TPSA) is 100 Å². The molecule has 2 N–H and O–H groups in total. The highest BCUT2D eigenvalue weighted by Gasteiger charge is 2.20. The van der Waals surface area contributed by atoms with Crippen molar-refractivity contribution in [3.05, 3.63) is 176 Å². The highest BCUT2D eigenvalue weighted by Crippen LogP contribution is 2.39. The Balaban J connectivity index is 1.19. The maximum atomic E-state index is 6.79. The van der Waals surface area contributed by atoms with Crippen LogP contribution in [0.3, 0.4) is 0 Å². The van der Waals surface area contributed by atoms with Gasteiger partial charge in [0.05, 0.1) is 50.5 Å². The van der Waals surface area contributed by atoms with E-state index in [1.807, 2.05) is 73.3 Å². The second-order valence-electron chi connectivity index (χ2n) is 13.7. The van der Waals surface area contributed by atoms with Crippen molar-refractivity contribution in [2.75, 3.05) is 10.2 Å². The first kappa shape index (κ1) is 34.5. The summed E-state index contributed by atoms with van der Waals surface area (Å²) in [5, 5.41) is 2.09. The summed E-state index contributed by atoms with van der Waals surface area (Å²) >= 11 is 2.34. The van der Waals surface area contributed by atoms with Crippen LogP contribution in [0.4, 0.5) is 5.69 Å². The summed E-state index contributed by atoms with van der Waals surface area (Å²) in [6.07, 6.45) is 13.4. The van der Waals surface area contributed by atoms with Gasteiger partial charge in [0.1, 0.15) is 5.82 Å². The van der Waals surface area contributed by atoms with Crippen LogP contribution in [0.25, 0.3) is 95.3 Å². The zero-order valence-electron chi connectivity index (χ0n) is 30.5. The highest BCUT2D eigenvalue weighted by molar-refractivity contribution is 14.1. The van der Waals surface area contributed by atoms with Gasteiger partial charge in [0, 0.05) is 68.6 Å². The Morgan fingerprint density at radius 1 is 0.561 bits per heavy atom. The third kappa shape index (κ3) is 6.12. The molecule has 0 aliphatic rings. The number of hydrogen-bond acceptors (Lipinski definition) is 6. The number of nitrogen functional groups attached to an aromatic ring is 1. The number of alkyl halides is 1. The molecule has 0 atom stereocenters. The zero-order chi connectivity index (χ0) is 38.3. The van der Waals surface area contributed by atoms with Crippen LogP contribution in [0.15, 0.2) is 171 Å². The summed E-state index contributed by atoms with van der Waals surface area (Å²) in [7, 11) is 0. The van der Waals surface area contributed by atoms with Gasteiger partial charge in [0.2, 0.25) is 0 Å². The Morgan fingerprint density at radius 2 is 1.32 bits per heavy atom. The minimum Gasteiger partial charge on any atom is -0.396 e. The molecule has 0 saturated heterocycles. The van der Waals surface area contributed by atoms with Crippen molar-refractivity contribution in [2.24, 2.45) is 0 Å². The van der Waals surface area contributed by atoms with Gasteiger partial charge in [-0.05, 0) is 96.1 Å². The maximum Gasteiger partial charge on any atom is 0.138 e. The number of halogens is 1. The van der Waals surface area contributed by atoms with Gasteiger partial charge >= 0.3 is 0 Å². The number of anilines is 1. The number of nitrogens with two attached hydrogens (primary N) is 1. The SMILES string of the molecule is Nc1c(/C=C\CI)n(-c2cc(-c3ccccn3)c(-c3cc(-c4cccc(-n5c6ccccc6c6ncccc65)c4)cc(-c4cccnc4)n3)cn2)c2ccccc12. The Morgan fingerprint density at radius 3 is 2.14 bits per heavy atom. The fourth-order valence-electron chi connectivity index (χ4n) is 7.74. The second kappa shape index (κ2) is 14.6. The van der Waals surface area contributed by atoms with E-state index in [0.717, 1.165) is 99.4 Å². The van der Waals surface area contributed by atoms with Gasteiger partial charge in [0.25, 0.3) is 0 Å². The molecular formula is C48H33IN8. The van der Waals surface area contributed by atoms with Crippen molar-refractivity contribution in [1.29, 1.82) is 0 Å². The van der Waals surface area contributed by atoms with Crippen LogP contribution >= 0.6 is 22.6 Å². The summed E-state index contributed by atoms with van der Waals surface area (Å²) in [6, 6.07) is 45.7. The standard InChI is InChI=1S/C48H33IN8/c49-21-8-19-44-47(50)35-14-1-3-17-42(35)57(44)46-28-37(39-16-5-6-23-52-39)38(30-54-46)41-27-33(26-40(55-41)32-12-9-22-51-29-32)31-11-7-13-34(25-31)56-43-18-4-2-15-36(43)48-45(56)20-10-24-53-48/h1-20,22-30H,21,50H2/b19-8-. The highest BCUT2D eigenvalue weighted by atomic mass is 127. The van der Waals surface area contributed by atoms with Crippen molar-refractivity contribution in [3.8, 4) is 56.4 Å². The quantitative estimate of drug-likeness (QED) is 0.121. The lowest BCUT2D eigenvalue weighted by Gasteiger charge is -2.16. The fraction of sp³-hybridized carbons (Fsp3) is 0.0208. The van der Waals surface area contributed by atoms with Gasteiger partial charge in [-0.15, -0.1) is 0 Å². The van der Waals surface area contributed by atoms with E-state index in [1.54, 1.807) is 6.20 Å². The summed E-state index contributed by atoms with van der Waals surface area (Å²) < 4.78 is 5.27. The molecule has 10 rings (SSSR count). The molecule has 0 bridgehead atoms. The number of fused-ring (bicyclic) bond motifs is 4. The van der Waals surface area contributed by atoms with E-state index < -0.39 is 0 Å². The molecule has 0 aliphatic heterocycles. The van der Waals surface area contributed by atoms with Crippen LogP contribution in [0.2, 0.25) is 0 Å². The molecule has 9 heteroatoms. The summed E-state index contributed by atoms with van der Waals surface area (Å²) in [6.45, 7) is 0. The van der Waals surface area contributed by atoms with Gasteiger partial charge < -0.3 is 10.3 Å². The second-order valence-corrected chi connectivity index (χ2v) is 14.5. The Labute approximate surface area is 342 Å². The Kier molecular flexibility index (Phi) is 8.83. The smallest absolute Gasteiger partial charge is 0.138 e. The number of hydrogen-bond donors (Lipinski definition) is 1. The van der Waals surface area contributed by atoms with Crippen molar-refractivity contribution < 1.29 is 0 Å². The van der Waals surface area contributed by atoms with Gasteiger partial charge in [0.15, 0.2) is 0 Å². The number of aromatic nitrogens is 7. The predicted octanol–water partition coefficient (Wildman–Crippen LogP) is 11.4. The number of nitrogens with zero attached hydrogens (tertiary/aromatic N) is 7. The molecular weight excluding hydrogens is 815 g/mol. The van der Waals surface area contributed by atoms with Gasteiger partial charge in [-0.3, -0.25) is 19.5 Å². The largest absolute Gasteiger partial charge is 0.396 e. The zero-order valence-corrected chi connectivity index (χ0v) is 32.7. The molecule has 3 aromatic carbocycles. The van der Waals surface area contributed by atoms with E-state index in [1.165, 1.54) is 0 Å². The normalized spacial score (nSPS) is 11.7. The van der Waals surface area contributed by atoms with Crippen LogP contribution in [-0.4, -0.2) is 38.5 Å². The Hall–Kier alpha value is -6.98. The third-order valence-electron chi connectivity index (χ3n) is 10.3. The van der Waals surface area contributed by atoms with Crippen LogP contribution in [0.5, 0.6) is 0 Å². The van der Waals surface area contributed by atoms with E-state index in [4.69, 9.17) is 25.7 Å². The molecule has 0 saturated carbocycles. The fourth-order valence-corrected chi connectivity index (χ4v) is 7.99. The minimum atomic E-state index is 0.715. The van der Waals surface area contributed by atoms with E-state index in [9.17, 15) is 0 Å². The first-order valence-corrected chi connectivity index (χ1v) is 20.1. The molecule has 0 fully saturated rings. The van der Waals surface area contributed by atoms with Crippen LogP contribution in [0, 0.1) is 0 Å². The number of pyridine rings is 5. The molecule has 7 heterocycles. The summed E-state index contributed by atoms with van der Waals surface area (Å²) in [5.74, 6) is 0.734. The van der Waals surface area contributed by atoms with Crippen molar-refractivity contribution in [3.63, 3.8) is 0 Å². The van der Waals surface area contributed by atoms with E-state index >= 15 is 0 Å². The molecule has 8 nitrogen and oxygen atoms in total. The van der Waals surface area contributed by atoms with Crippen LogP contribution < -0.4 is 5.73 Å². The van der Waals surface area contributed by atoms with E-state index in [2.05, 4.69) is 134 Å². The van der Waals surface area contributed by atoms with Crippen molar-refractivity contribution in [2.45, 2.75) is 0 Å². The van der Waals surface area contributed by atoms with Gasteiger partial charge in [-0.2, -0.15) is 0 Å². The van der Waals surface area contributed by atoms with E-state index in [-0.39, 0.29) is 0 Å². The molecule has 57 heavy (non-hydrogen) atoms. The molecule has 0 spiro atoms. The third-order valence-corrected chi connectivity index (χ3v) is 10.8. The first-order valence-electron chi connectivity index (χ1n) is 18.6. The van der Waals surface area contributed by atoms with E-state index in [0.29, 0.717) is 5.69 Å². The molecule has 10 aromatic rings. The number of benzene rings is 3. The maximum absolute atomic E-state index is 6.79. The summed E-state index contributed by atoms with van der Waals surface area (Å²) in [5.41, 5.74) is 20.6. The van der Waals surface area contributed by atoms with Crippen LogP contribution in [-0.2, 0) is 0 Å². The average molecular weight is 849 g/mol. The molecule has 7 aromatic heterocycles. The molecule has 0 amide bonds. The number of rotatable bonds is 8. The van der Waals surface area contributed by atoms with Crippen molar-refractivity contribution in [1.82, 2.24) is 34.1 Å². The lowest BCUT2D eigenvalue weighted by atomic mass is 9.97. The molecule has 0 radical (unpaired) electrons. The lowest BCUT2D eigenvalue weighted by molar-refractivity contribution is 1.03. The number of para-hydroxylation sites is 2.